The van der Waals surface area contributed by atoms with Crippen LogP contribution in [0, 0.1) is 11.8 Å². The van der Waals surface area contributed by atoms with Gasteiger partial charge in [0, 0.05) is 17.9 Å². The van der Waals surface area contributed by atoms with E-state index < -0.39 is 0 Å². The van der Waals surface area contributed by atoms with Gasteiger partial charge in [0.05, 0.1) is 0 Å². The van der Waals surface area contributed by atoms with Gasteiger partial charge in [0.1, 0.15) is 0 Å². The van der Waals surface area contributed by atoms with Crippen LogP contribution in [0.15, 0.2) is 35.7 Å². The van der Waals surface area contributed by atoms with Crippen LogP contribution in [-0.4, -0.2) is 10.9 Å². The summed E-state index contributed by atoms with van der Waals surface area (Å²) in [7, 11) is 0. The average molecular weight is 249 g/mol. The first-order chi connectivity index (χ1) is 8.45. The van der Waals surface area contributed by atoms with Gasteiger partial charge in [-0.25, -0.2) is 0 Å². The monoisotopic (exact) mass is 249 g/mol. The fourth-order valence-electron chi connectivity index (χ4n) is 2.19. The van der Waals surface area contributed by atoms with Gasteiger partial charge in [0.25, 0.3) is 0 Å². The minimum absolute atomic E-state index is 0.516. The van der Waals surface area contributed by atoms with Crippen molar-refractivity contribution in [1.29, 1.82) is 0 Å². The average Bonchev–Trinajstić information content (AvgIpc) is 2.53. The fraction of sp³-hybridized carbons (Fsp3) is 0.647. The number of hydrogen-bond donors (Lipinski definition) is 0. The molecule has 0 saturated heterocycles. The third-order valence-electron chi connectivity index (χ3n) is 2.93. The first-order valence-corrected chi connectivity index (χ1v) is 7.32. The largest absolute Gasteiger partial charge is 0.348 e. The molecule has 0 spiro atoms. The second-order valence-electron chi connectivity index (χ2n) is 5.35. The highest BCUT2D eigenvalue weighted by Crippen LogP contribution is 2.29. The van der Waals surface area contributed by atoms with E-state index in [4.69, 9.17) is 0 Å². The van der Waals surface area contributed by atoms with E-state index in [1.165, 1.54) is 11.3 Å². The Morgan fingerprint density at radius 1 is 0.833 bits per heavy atom. The van der Waals surface area contributed by atoms with Crippen molar-refractivity contribution < 1.29 is 0 Å². The van der Waals surface area contributed by atoms with E-state index in [9.17, 15) is 0 Å². The van der Waals surface area contributed by atoms with Crippen LogP contribution in [-0.2, 0) is 0 Å². The second kappa shape index (κ2) is 8.18. The maximum absolute atomic E-state index is 2.40. The molecule has 0 fully saturated rings. The van der Waals surface area contributed by atoms with E-state index >= 15 is 0 Å². The smallest absolute Gasteiger partial charge is 0.0277 e. The molecule has 0 N–H and O–H groups in total. The highest BCUT2D eigenvalue weighted by Gasteiger charge is 2.20. The normalized spacial score (nSPS) is 15.4. The molecular formula is C17H31N. The van der Waals surface area contributed by atoms with Crippen LogP contribution in [0.5, 0.6) is 0 Å². The molecule has 1 nitrogen and oxygen atoms in total. The maximum Gasteiger partial charge on any atom is 0.0277 e. The Morgan fingerprint density at radius 2 is 1.39 bits per heavy atom. The Balaban J connectivity index is 0.00000137. The van der Waals surface area contributed by atoms with Crippen molar-refractivity contribution in [1.82, 2.24) is 4.90 Å². The fourth-order valence-corrected chi connectivity index (χ4v) is 2.19. The second-order valence-corrected chi connectivity index (χ2v) is 5.35. The van der Waals surface area contributed by atoms with Crippen molar-refractivity contribution in [3.8, 4) is 0 Å². The van der Waals surface area contributed by atoms with Crippen LogP contribution in [0.2, 0.25) is 0 Å². The molecule has 1 aliphatic rings. The Kier molecular flexibility index (Phi) is 7.73. The van der Waals surface area contributed by atoms with Crippen molar-refractivity contribution >= 4 is 0 Å². The van der Waals surface area contributed by atoms with Crippen molar-refractivity contribution in [3.63, 3.8) is 0 Å². The highest BCUT2D eigenvalue weighted by molar-refractivity contribution is 5.33. The van der Waals surface area contributed by atoms with E-state index in [2.05, 4.69) is 70.9 Å². The number of nitrogens with zero attached hydrogens (tertiary/aromatic N) is 1. The molecule has 1 heterocycles. The Hall–Kier alpha value is -0.980. The van der Waals surface area contributed by atoms with Crippen molar-refractivity contribution in [2.75, 3.05) is 0 Å². The molecule has 0 aromatic rings. The van der Waals surface area contributed by atoms with E-state index in [1.807, 2.05) is 13.8 Å². The molecule has 0 aromatic heterocycles. The van der Waals surface area contributed by atoms with Gasteiger partial charge in [-0.1, -0.05) is 53.7 Å². The van der Waals surface area contributed by atoms with E-state index in [-0.39, 0.29) is 0 Å². The minimum atomic E-state index is 0.516. The summed E-state index contributed by atoms with van der Waals surface area (Å²) < 4.78 is 0. The van der Waals surface area contributed by atoms with E-state index in [1.54, 1.807) is 0 Å². The van der Waals surface area contributed by atoms with Crippen molar-refractivity contribution in [2.24, 2.45) is 11.8 Å². The highest BCUT2D eigenvalue weighted by atomic mass is 15.1. The standard InChI is InChI=1S/C15H25N.C2H6/c1-11(2)14-9-7-8-10-16(13(5)6)15(14)12(3)4;1-2/h7-13H,1-6H3;1-2H3. The molecule has 0 unspecified atom stereocenters. The van der Waals surface area contributed by atoms with Crippen molar-refractivity contribution in [3.05, 3.63) is 35.7 Å². The zero-order valence-corrected chi connectivity index (χ0v) is 13.5. The molecule has 0 radical (unpaired) electrons. The van der Waals surface area contributed by atoms with Crippen LogP contribution in [0.4, 0.5) is 0 Å². The summed E-state index contributed by atoms with van der Waals surface area (Å²) in [4.78, 5) is 2.40. The maximum atomic E-state index is 2.40. The lowest BCUT2D eigenvalue weighted by atomic mass is 9.94. The zero-order chi connectivity index (χ0) is 14.3. The molecule has 18 heavy (non-hydrogen) atoms. The van der Waals surface area contributed by atoms with Gasteiger partial charge in [-0.3, -0.25) is 0 Å². The molecule has 0 saturated carbocycles. The molecular weight excluding hydrogens is 218 g/mol. The number of hydrogen-bond acceptors (Lipinski definition) is 1. The Morgan fingerprint density at radius 3 is 1.78 bits per heavy atom. The van der Waals surface area contributed by atoms with Crippen molar-refractivity contribution in [2.45, 2.75) is 61.4 Å². The number of rotatable bonds is 3. The molecule has 0 atom stereocenters. The molecule has 0 amide bonds. The SMILES string of the molecule is CC.CC(C)C1=C(C(C)C)N(C(C)C)C=CC=C1. The van der Waals surface area contributed by atoms with Gasteiger partial charge in [0.2, 0.25) is 0 Å². The Labute approximate surface area is 114 Å². The quantitative estimate of drug-likeness (QED) is 0.649. The van der Waals surface area contributed by atoms with Gasteiger partial charge in [0.15, 0.2) is 0 Å². The van der Waals surface area contributed by atoms with Gasteiger partial charge in [-0.05, 0) is 37.3 Å². The number of allylic oxidation sites excluding steroid dienone is 5. The molecule has 1 heteroatoms. The minimum Gasteiger partial charge on any atom is -0.348 e. The summed E-state index contributed by atoms with van der Waals surface area (Å²) >= 11 is 0. The molecule has 1 aliphatic heterocycles. The topological polar surface area (TPSA) is 3.24 Å². The molecule has 1 rings (SSSR count). The molecule has 0 aliphatic carbocycles. The van der Waals surface area contributed by atoms with Gasteiger partial charge < -0.3 is 4.90 Å². The van der Waals surface area contributed by atoms with Gasteiger partial charge >= 0.3 is 0 Å². The van der Waals surface area contributed by atoms with Gasteiger partial charge in [-0.15, -0.1) is 0 Å². The predicted octanol–water partition coefficient (Wildman–Crippen LogP) is 5.37. The predicted molar refractivity (Wildman–Crippen MR) is 83.3 cm³/mol. The zero-order valence-electron chi connectivity index (χ0n) is 13.5. The molecule has 104 valence electrons. The lowest BCUT2D eigenvalue weighted by Crippen LogP contribution is -2.28. The third kappa shape index (κ3) is 4.36. The van der Waals surface area contributed by atoms with E-state index in [0.29, 0.717) is 17.9 Å². The molecule has 0 bridgehead atoms. The van der Waals surface area contributed by atoms with E-state index in [0.717, 1.165) is 0 Å². The Bertz CT molecular complexity index is 317. The summed E-state index contributed by atoms with van der Waals surface area (Å²) in [5.41, 5.74) is 2.93. The summed E-state index contributed by atoms with van der Waals surface area (Å²) in [6.07, 6.45) is 8.75. The lowest BCUT2D eigenvalue weighted by molar-refractivity contribution is 0.342. The van der Waals surface area contributed by atoms with Crippen LogP contribution in [0.25, 0.3) is 0 Å². The molecule has 0 aromatic carbocycles. The van der Waals surface area contributed by atoms with Crippen LogP contribution in [0.1, 0.15) is 55.4 Å². The van der Waals surface area contributed by atoms with Crippen LogP contribution in [0.3, 0.4) is 0 Å². The summed E-state index contributed by atoms with van der Waals surface area (Å²) in [5, 5.41) is 0. The third-order valence-corrected chi connectivity index (χ3v) is 2.93. The summed E-state index contributed by atoms with van der Waals surface area (Å²) in [6, 6.07) is 0.516. The van der Waals surface area contributed by atoms with Gasteiger partial charge in [-0.2, -0.15) is 0 Å². The summed E-state index contributed by atoms with van der Waals surface area (Å²) in [6.45, 7) is 17.6. The summed E-state index contributed by atoms with van der Waals surface area (Å²) in [5.74, 6) is 1.14. The first kappa shape index (κ1) is 17.0. The van der Waals surface area contributed by atoms with Crippen LogP contribution >= 0.6 is 0 Å². The van der Waals surface area contributed by atoms with Crippen LogP contribution < -0.4 is 0 Å². The lowest BCUT2D eigenvalue weighted by Gasteiger charge is -2.32. The first-order valence-electron chi connectivity index (χ1n) is 7.32.